The fourth-order valence-corrected chi connectivity index (χ4v) is 3.40. The van der Waals surface area contributed by atoms with Crippen molar-refractivity contribution in [2.45, 2.75) is 40.5 Å². The molecule has 0 spiro atoms. The van der Waals surface area contributed by atoms with Crippen molar-refractivity contribution >= 4 is 11.6 Å². The van der Waals surface area contributed by atoms with E-state index in [9.17, 15) is 10.2 Å². The Balaban J connectivity index is 2.73. The monoisotopic (exact) mass is 318 g/mol. The van der Waals surface area contributed by atoms with E-state index in [1.54, 1.807) is 6.07 Å². The predicted octanol–water partition coefficient (Wildman–Crippen LogP) is 5.46. The molecule has 1 atom stereocenters. The van der Waals surface area contributed by atoms with Gasteiger partial charge in [0, 0.05) is 17.0 Å². The van der Waals surface area contributed by atoms with Gasteiger partial charge in [-0.2, -0.15) is 0 Å². The zero-order chi connectivity index (χ0) is 16.6. The summed E-state index contributed by atoms with van der Waals surface area (Å²) in [6.45, 7) is 10.0. The van der Waals surface area contributed by atoms with Gasteiger partial charge in [0.2, 0.25) is 0 Å². The van der Waals surface area contributed by atoms with Crippen LogP contribution in [0.25, 0.3) is 0 Å². The first-order chi connectivity index (χ1) is 10.2. The molecule has 2 aromatic rings. The SMILES string of the molecule is Cc1cc(C)c(O)c(C(c2cc(C)cc(Cl)c2O)C(C)C)c1. The molecular formula is C19H23ClO2. The second-order valence-corrected chi connectivity index (χ2v) is 6.83. The van der Waals surface area contributed by atoms with Gasteiger partial charge in [-0.05, 0) is 43.9 Å². The number of phenolic OH excluding ortho intramolecular Hbond substituents is 2. The van der Waals surface area contributed by atoms with Gasteiger partial charge in [0.25, 0.3) is 0 Å². The molecule has 0 aliphatic heterocycles. The Hall–Kier alpha value is -1.67. The first-order valence-corrected chi connectivity index (χ1v) is 7.89. The summed E-state index contributed by atoms with van der Waals surface area (Å²) in [5.74, 6) is 0.484. The normalized spacial score (nSPS) is 12.7. The molecule has 0 bridgehead atoms. The van der Waals surface area contributed by atoms with Gasteiger partial charge in [-0.15, -0.1) is 0 Å². The van der Waals surface area contributed by atoms with Crippen molar-refractivity contribution in [3.05, 3.63) is 57.1 Å². The number of phenols is 2. The Morgan fingerprint density at radius 3 is 1.86 bits per heavy atom. The molecule has 2 rings (SSSR count). The maximum absolute atomic E-state index is 10.5. The van der Waals surface area contributed by atoms with Crippen LogP contribution in [0.15, 0.2) is 24.3 Å². The lowest BCUT2D eigenvalue weighted by Crippen LogP contribution is -2.10. The molecule has 0 aliphatic carbocycles. The second kappa shape index (κ2) is 6.21. The number of rotatable bonds is 3. The highest BCUT2D eigenvalue weighted by Crippen LogP contribution is 2.44. The summed E-state index contributed by atoms with van der Waals surface area (Å²) in [5, 5.41) is 21.3. The molecule has 2 aromatic carbocycles. The number of hydrogen-bond acceptors (Lipinski definition) is 2. The molecule has 1 unspecified atom stereocenters. The topological polar surface area (TPSA) is 40.5 Å². The predicted molar refractivity (Wildman–Crippen MR) is 92.1 cm³/mol. The van der Waals surface area contributed by atoms with Crippen LogP contribution in [0.4, 0.5) is 0 Å². The summed E-state index contributed by atoms with van der Waals surface area (Å²) in [6.07, 6.45) is 0. The summed E-state index contributed by atoms with van der Waals surface area (Å²) < 4.78 is 0. The lowest BCUT2D eigenvalue weighted by atomic mass is 9.80. The van der Waals surface area contributed by atoms with Gasteiger partial charge >= 0.3 is 0 Å². The van der Waals surface area contributed by atoms with E-state index in [2.05, 4.69) is 13.8 Å². The molecule has 0 saturated carbocycles. The van der Waals surface area contributed by atoms with Gasteiger partial charge in [0.1, 0.15) is 11.5 Å². The zero-order valence-corrected chi connectivity index (χ0v) is 14.5. The number of halogens is 1. The van der Waals surface area contributed by atoms with Crippen LogP contribution in [0.3, 0.4) is 0 Å². The molecule has 0 fully saturated rings. The average molecular weight is 319 g/mol. The minimum absolute atomic E-state index is 0.101. The standard InChI is InChI=1S/C19H23ClO2/c1-10(2)17(14-7-11(3)6-13(5)18(14)21)15-8-12(4)9-16(20)19(15)22/h6-10,17,21-22H,1-5H3. The van der Waals surface area contributed by atoms with E-state index in [0.29, 0.717) is 10.8 Å². The Bertz CT molecular complexity index is 648. The van der Waals surface area contributed by atoms with Gasteiger partial charge in [-0.3, -0.25) is 0 Å². The summed E-state index contributed by atoms with van der Waals surface area (Å²) >= 11 is 6.15. The van der Waals surface area contributed by atoms with Crippen LogP contribution in [0.2, 0.25) is 5.02 Å². The maximum atomic E-state index is 10.5. The molecule has 0 aromatic heterocycles. The molecular weight excluding hydrogens is 296 g/mol. The van der Waals surface area contributed by atoms with E-state index in [-0.39, 0.29) is 17.6 Å². The van der Waals surface area contributed by atoms with Crippen molar-refractivity contribution in [3.8, 4) is 11.5 Å². The molecule has 0 radical (unpaired) electrons. The van der Waals surface area contributed by atoms with Crippen LogP contribution < -0.4 is 0 Å². The molecule has 22 heavy (non-hydrogen) atoms. The minimum Gasteiger partial charge on any atom is -0.507 e. The summed E-state index contributed by atoms with van der Waals surface area (Å²) in [5.41, 5.74) is 4.53. The third-order valence-electron chi connectivity index (χ3n) is 4.05. The van der Waals surface area contributed by atoms with Crippen LogP contribution in [0, 0.1) is 26.7 Å². The quantitative estimate of drug-likeness (QED) is 0.788. The third-order valence-corrected chi connectivity index (χ3v) is 4.34. The van der Waals surface area contributed by atoms with Crippen molar-refractivity contribution in [2.75, 3.05) is 0 Å². The molecule has 3 heteroatoms. The van der Waals surface area contributed by atoms with Crippen LogP contribution in [0.5, 0.6) is 11.5 Å². The summed E-state index contributed by atoms with van der Waals surface area (Å²) in [6, 6.07) is 7.64. The van der Waals surface area contributed by atoms with E-state index in [1.165, 1.54) is 0 Å². The zero-order valence-electron chi connectivity index (χ0n) is 13.7. The highest BCUT2D eigenvalue weighted by molar-refractivity contribution is 6.32. The van der Waals surface area contributed by atoms with Crippen LogP contribution in [-0.2, 0) is 0 Å². The third kappa shape index (κ3) is 3.07. The van der Waals surface area contributed by atoms with Gasteiger partial charge in [0.05, 0.1) is 5.02 Å². The van der Waals surface area contributed by atoms with Crippen molar-refractivity contribution in [1.29, 1.82) is 0 Å². The fourth-order valence-electron chi connectivity index (χ4n) is 3.11. The first kappa shape index (κ1) is 16.7. The van der Waals surface area contributed by atoms with Gasteiger partial charge < -0.3 is 10.2 Å². The van der Waals surface area contributed by atoms with Crippen LogP contribution >= 0.6 is 11.6 Å². The molecule has 0 aliphatic rings. The smallest absolute Gasteiger partial charge is 0.138 e. The Morgan fingerprint density at radius 2 is 1.32 bits per heavy atom. The van der Waals surface area contributed by atoms with Crippen molar-refractivity contribution in [3.63, 3.8) is 0 Å². The average Bonchev–Trinajstić information content (AvgIpc) is 2.40. The van der Waals surface area contributed by atoms with E-state index >= 15 is 0 Å². The second-order valence-electron chi connectivity index (χ2n) is 6.43. The van der Waals surface area contributed by atoms with Gasteiger partial charge in [-0.25, -0.2) is 0 Å². The lowest BCUT2D eigenvalue weighted by molar-refractivity contribution is 0.433. The highest BCUT2D eigenvalue weighted by Gasteiger charge is 2.26. The van der Waals surface area contributed by atoms with Crippen LogP contribution in [-0.4, -0.2) is 10.2 Å². The Labute approximate surface area is 137 Å². The molecule has 0 saturated heterocycles. The highest BCUT2D eigenvalue weighted by atomic mass is 35.5. The molecule has 0 heterocycles. The van der Waals surface area contributed by atoms with Crippen molar-refractivity contribution in [2.24, 2.45) is 5.92 Å². The molecule has 2 N–H and O–H groups in total. The number of aryl methyl sites for hydroxylation is 3. The summed E-state index contributed by atoms with van der Waals surface area (Å²) in [7, 11) is 0. The van der Waals surface area contributed by atoms with E-state index in [0.717, 1.165) is 27.8 Å². The van der Waals surface area contributed by atoms with Gasteiger partial charge in [0.15, 0.2) is 0 Å². The van der Waals surface area contributed by atoms with Gasteiger partial charge in [-0.1, -0.05) is 49.2 Å². The molecule has 2 nitrogen and oxygen atoms in total. The van der Waals surface area contributed by atoms with E-state index < -0.39 is 0 Å². The lowest BCUT2D eigenvalue weighted by Gasteiger charge is -2.25. The maximum Gasteiger partial charge on any atom is 0.138 e. The Kier molecular flexibility index (Phi) is 4.72. The number of aromatic hydroxyl groups is 2. The Morgan fingerprint density at radius 1 is 0.818 bits per heavy atom. The largest absolute Gasteiger partial charge is 0.507 e. The van der Waals surface area contributed by atoms with E-state index in [1.807, 2.05) is 39.0 Å². The van der Waals surface area contributed by atoms with E-state index in [4.69, 9.17) is 11.6 Å². The number of hydrogen-bond donors (Lipinski definition) is 2. The fraction of sp³-hybridized carbons (Fsp3) is 0.368. The van der Waals surface area contributed by atoms with Crippen LogP contribution in [0.1, 0.15) is 47.6 Å². The minimum atomic E-state index is -0.115. The summed E-state index contributed by atoms with van der Waals surface area (Å²) in [4.78, 5) is 0. The first-order valence-electron chi connectivity index (χ1n) is 7.51. The molecule has 0 amide bonds. The van der Waals surface area contributed by atoms with Crippen molar-refractivity contribution < 1.29 is 10.2 Å². The number of benzene rings is 2. The van der Waals surface area contributed by atoms with Crippen molar-refractivity contribution in [1.82, 2.24) is 0 Å². The molecule has 118 valence electrons.